The van der Waals surface area contributed by atoms with Crippen LogP contribution in [0.15, 0.2) is 24.5 Å². The third-order valence-corrected chi connectivity index (χ3v) is 5.96. The van der Waals surface area contributed by atoms with Crippen molar-refractivity contribution in [2.45, 2.75) is 57.4 Å². The molecule has 0 bridgehead atoms. The van der Waals surface area contributed by atoms with Gasteiger partial charge >= 0.3 is 0 Å². The summed E-state index contributed by atoms with van der Waals surface area (Å²) in [6, 6.07) is 3.42. The number of carbonyl (C=O) groups is 1. The van der Waals surface area contributed by atoms with Crippen molar-refractivity contribution in [2.75, 3.05) is 18.8 Å². The van der Waals surface area contributed by atoms with Gasteiger partial charge in [-0.05, 0) is 43.7 Å². The molecule has 0 spiro atoms. The topological polar surface area (TPSA) is 89.9 Å². The van der Waals surface area contributed by atoms with Crippen molar-refractivity contribution in [3.63, 3.8) is 0 Å². The van der Waals surface area contributed by atoms with Gasteiger partial charge in [0.25, 0.3) is 5.91 Å². The van der Waals surface area contributed by atoms with Crippen LogP contribution in [-0.4, -0.2) is 43.9 Å². The smallest absolute Gasteiger partial charge is 0.255 e. The fourth-order valence-corrected chi connectivity index (χ4v) is 4.29. The molecule has 1 amide bonds. The van der Waals surface area contributed by atoms with Crippen LogP contribution in [0.1, 0.15) is 66.9 Å². The van der Waals surface area contributed by atoms with E-state index in [9.17, 15) is 4.79 Å². The van der Waals surface area contributed by atoms with E-state index in [0.29, 0.717) is 23.2 Å². The van der Waals surface area contributed by atoms with Crippen LogP contribution in [0.4, 0.5) is 5.82 Å². The number of nitrogens with zero attached hydrogens (tertiary/aromatic N) is 5. The summed E-state index contributed by atoms with van der Waals surface area (Å²) >= 11 is 0. The Bertz CT molecular complexity index is 757. The number of aromatic nitrogens is 4. The van der Waals surface area contributed by atoms with Crippen molar-refractivity contribution >= 4 is 11.7 Å². The van der Waals surface area contributed by atoms with E-state index in [1.54, 1.807) is 18.3 Å². The van der Waals surface area contributed by atoms with Gasteiger partial charge in [0.05, 0.1) is 11.3 Å². The van der Waals surface area contributed by atoms with E-state index >= 15 is 0 Å². The summed E-state index contributed by atoms with van der Waals surface area (Å²) in [5.74, 6) is 1.62. The average Bonchev–Trinajstić information content (AvgIpc) is 3.18. The van der Waals surface area contributed by atoms with Crippen LogP contribution < -0.4 is 5.73 Å². The fourth-order valence-electron chi connectivity index (χ4n) is 4.29. The minimum atomic E-state index is 0.0429. The number of likely N-dealkylation sites (tertiary alicyclic amines) is 1. The molecule has 3 heterocycles. The summed E-state index contributed by atoms with van der Waals surface area (Å²) in [6.45, 7) is 2.45. The van der Waals surface area contributed by atoms with Crippen LogP contribution in [0.5, 0.6) is 0 Å². The maximum absolute atomic E-state index is 12.6. The highest BCUT2D eigenvalue weighted by atomic mass is 16.2. The van der Waals surface area contributed by atoms with E-state index < -0.39 is 0 Å². The summed E-state index contributed by atoms with van der Waals surface area (Å²) in [6.07, 6.45) is 12.2. The number of amides is 1. The molecule has 7 nitrogen and oxygen atoms in total. The van der Waals surface area contributed by atoms with Crippen molar-refractivity contribution in [3.8, 4) is 0 Å². The molecule has 2 aromatic heterocycles. The number of nitrogens with two attached hydrogens (primary N) is 1. The van der Waals surface area contributed by atoms with Gasteiger partial charge in [0.1, 0.15) is 5.82 Å². The summed E-state index contributed by atoms with van der Waals surface area (Å²) in [5, 5.41) is 8.79. The van der Waals surface area contributed by atoms with E-state index in [4.69, 9.17) is 5.73 Å². The maximum atomic E-state index is 12.6. The van der Waals surface area contributed by atoms with Gasteiger partial charge in [0.15, 0.2) is 0 Å². The van der Waals surface area contributed by atoms with Crippen LogP contribution in [0.25, 0.3) is 0 Å². The zero-order chi connectivity index (χ0) is 18.6. The van der Waals surface area contributed by atoms with Gasteiger partial charge in [-0.1, -0.05) is 24.5 Å². The monoisotopic (exact) mass is 368 g/mol. The Morgan fingerprint density at radius 1 is 1.11 bits per heavy atom. The van der Waals surface area contributed by atoms with Crippen LogP contribution in [0, 0.1) is 5.92 Å². The molecule has 2 aliphatic rings. The lowest BCUT2D eigenvalue weighted by Gasteiger charge is -2.31. The lowest BCUT2D eigenvalue weighted by molar-refractivity contribution is 0.0680. The SMILES string of the molecule is Nc1ccc(C(=O)N2CCC(Cn3cc(C4CCCCC4)nn3)CC2)cn1. The highest BCUT2D eigenvalue weighted by Gasteiger charge is 2.25. The van der Waals surface area contributed by atoms with Crippen molar-refractivity contribution < 1.29 is 4.79 Å². The minimum absolute atomic E-state index is 0.0429. The molecule has 2 fully saturated rings. The van der Waals surface area contributed by atoms with Crippen molar-refractivity contribution in [3.05, 3.63) is 35.8 Å². The number of hydrogen-bond acceptors (Lipinski definition) is 5. The molecule has 27 heavy (non-hydrogen) atoms. The Balaban J connectivity index is 1.29. The molecule has 1 saturated carbocycles. The zero-order valence-corrected chi connectivity index (χ0v) is 15.8. The van der Waals surface area contributed by atoms with E-state index in [1.807, 2.05) is 9.58 Å². The predicted molar refractivity (Wildman–Crippen MR) is 103 cm³/mol. The molecule has 7 heteroatoms. The first-order valence-corrected chi connectivity index (χ1v) is 10.1. The van der Waals surface area contributed by atoms with Crippen LogP contribution >= 0.6 is 0 Å². The molecule has 0 atom stereocenters. The minimum Gasteiger partial charge on any atom is -0.384 e. The van der Waals surface area contributed by atoms with E-state index in [-0.39, 0.29) is 5.91 Å². The first-order chi connectivity index (χ1) is 13.2. The maximum Gasteiger partial charge on any atom is 0.255 e. The number of rotatable bonds is 4. The number of carbonyl (C=O) groups excluding carboxylic acids is 1. The first kappa shape index (κ1) is 17.9. The molecule has 4 rings (SSSR count). The van der Waals surface area contributed by atoms with Crippen molar-refractivity contribution in [1.82, 2.24) is 24.9 Å². The van der Waals surface area contributed by atoms with Gasteiger partial charge in [-0.15, -0.1) is 5.10 Å². The molecule has 1 saturated heterocycles. The predicted octanol–water partition coefficient (Wildman–Crippen LogP) is 2.86. The van der Waals surface area contributed by atoms with Gasteiger partial charge in [0, 0.05) is 37.9 Å². The molecule has 2 aromatic rings. The lowest BCUT2D eigenvalue weighted by Crippen LogP contribution is -2.39. The Hall–Kier alpha value is -2.44. The summed E-state index contributed by atoms with van der Waals surface area (Å²) in [4.78, 5) is 18.5. The van der Waals surface area contributed by atoms with Crippen LogP contribution in [0.2, 0.25) is 0 Å². The quantitative estimate of drug-likeness (QED) is 0.896. The van der Waals surface area contributed by atoms with E-state index in [0.717, 1.165) is 38.2 Å². The Morgan fingerprint density at radius 3 is 2.59 bits per heavy atom. The molecule has 0 radical (unpaired) electrons. The Morgan fingerprint density at radius 2 is 1.89 bits per heavy atom. The van der Waals surface area contributed by atoms with Crippen LogP contribution in [0.3, 0.4) is 0 Å². The standard InChI is InChI=1S/C20H28N6O/c21-19-7-6-17(12-22-19)20(27)25-10-8-15(9-11-25)13-26-14-18(23-24-26)16-4-2-1-3-5-16/h6-7,12,14-16H,1-5,8-11,13H2,(H2,21,22). The summed E-state index contributed by atoms with van der Waals surface area (Å²) in [7, 11) is 0. The van der Waals surface area contributed by atoms with Gasteiger partial charge < -0.3 is 10.6 Å². The molecule has 1 aliphatic carbocycles. The first-order valence-electron chi connectivity index (χ1n) is 10.1. The number of piperidine rings is 1. The molecule has 2 N–H and O–H groups in total. The second-order valence-corrected chi connectivity index (χ2v) is 7.91. The number of nitrogen functional groups attached to an aromatic ring is 1. The van der Waals surface area contributed by atoms with Gasteiger partial charge in [0.2, 0.25) is 0 Å². The van der Waals surface area contributed by atoms with Gasteiger partial charge in [-0.25, -0.2) is 4.98 Å². The van der Waals surface area contributed by atoms with Gasteiger partial charge in [-0.3, -0.25) is 9.48 Å². The molecule has 1 aliphatic heterocycles. The largest absolute Gasteiger partial charge is 0.384 e. The third-order valence-electron chi connectivity index (χ3n) is 5.96. The fraction of sp³-hybridized carbons (Fsp3) is 0.600. The number of anilines is 1. The van der Waals surface area contributed by atoms with Crippen LogP contribution in [-0.2, 0) is 6.54 Å². The van der Waals surface area contributed by atoms with E-state index in [2.05, 4.69) is 21.5 Å². The zero-order valence-electron chi connectivity index (χ0n) is 15.8. The second-order valence-electron chi connectivity index (χ2n) is 7.91. The molecule has 0 unspecified atom stereocenters. The number of pyridine rings is 1. The Labute approximate surface area is 159 Å². The molecule has 144 valence electrons. The van der Waals surface area contributed by atoms with Crippen molar-refractivity contribution in [2.24, 2.45) is 5.92 Å². The van der Waals surface area contributed by atoms with Crippen molar-refractivity contribution in [1.29, 1.82) is 0 Å². The summed E-state index contributed by atoms with van der Waals surface area (Å²) in [5.41, 5.74) is 7.37. The Kier molecular flexibility index (Phi) is 5.36. The highest BCUT2D eigenvalue weighted by molar-refractivity contribution is 5.94. The molecular formula is C20H28N6O. The second kappa shape index (κ2) is 8.06. The molecular weight excluding hydrogens is 340 g/mol. The normalized spacial score (nSPS) is 19.3. The molecule has 0 aromatic carbocycles. The highest BCUT2D eigenvalue weighted by Crippen LogP contribution is 2.31. The number of hydrogen-bond donors (Lipinski definition) is 1. The lowest BCUT2D eigenvalue weighted by atomic mass is 9.87. The van der Waals surface area contributed by atoms with Gasteiger partial charge in [-0.2, -0.15) is 0 Å². The van der Waals surface area contributed by atoms with E-state index in [1.165, 1.54) is 32.1 Å². The third kappa shape index (κ3) is 4.28. The summed E-state index contributed by atoms with van der Waals surface area (Å²) < 4.78 is 2.01. The average molecular weight is 368 g/mol.